The van der Waals surface area contributed by atoms with Crippen LogP contribution in [0.4, 0.5) is 0 Å². The molecule has 0 saturated carbocycles. The van der Waals surface area contributed by atoms with E-state index < -0.39 is 5.97 Å². The first-order valence-corrected chi connectivity index (χ1v) is 6.55. The maximum atomic E-state index is 11.4. The summed E-state index contributed by atoms with van der Waals surface area (Å²) in [5, 5.41) is 0. The van der Waals surface area contributed by atoms with Gasteiger partial charge in [-0.05, 0) is 44.0 Å². The molecule has 0 atom stereocenters. The predicted octanol–water partition coefficient (Wildman–Crippen LogP) is 3.70. The molecule has 0 aliphatic carbocycles. The Morgan fingerprint density at radius 2 is 1.90 bits per heavy atom. The largest absolute Gasteiger partial charge is 0.502 e. The molecule has 4 nitrogen and oxygen atoms in total. The van der Waals surface area contributed by atoms with Crippen molar-refractivity contribution in [3.05, 3.63) is 55.0 Å². The SMILES string of the molecule is C=COC(=O)c1ccc(OCCCCOC=CC)cc1. The molecular formula is C16H20O4. The molecule has 0 aliphatic rings. The summed E-state index contributed by atoms with van der Waals surface area (Å²) in [6.07, 6.45) is 6.51. The monoisotopic (exact) mass is 276 g/mol. The third-order valence-electron chi connectivity index (χ3n) is 2.44. The lowest BCUT2D eigenvalue weighted by Gasteiger charge is -2.06. The zero-order valence-electron chi connectivity index (χ0n) is 11.7. The number of hydrogen-bond donors (Lipinski definition) is 0. The second-order valence-electron chi connectivity index (χ2n) is 3.99. The van der Waals surface area contributed by atoms with Gasteiger partial charge in [0.25, 0.3) is 0 Å². The lowest BCUT2D eigenvalue weighted by atomic mass is 10.2. The van der Waals surface area contributed by atoms with Gasteiger partial charge in [0, 0.05) is 0 Å². The summed E-state index contributed by atoms with van der Waals surface area (Å²) in [4.78, 5) is 11.4. The van der Waals surface area contributed by atoms with E-state index in [0.29, 0.717) is 18.8 Å². The summed E-state index contributed by atoms with van der Waals surface area (Å²) in [5.74, 6) is 0.308. The maximum Gasteiger partial charge on any atom is 0.342 e. The molecule has 0 unspecified atom stereocenters. The molecule has 0 amide bonds. The summed E-state index contributed by atoms with van der Waals surface area (Å²) in [5.41, 5.74) is 0.469. The summed E-state index contributed by atoms with van der Waals surface area (Å²) in [7, 11) is 0. The molecule has 0 aromatic heterocycles. The molecular weight excluding hydrogens is 256 g/mol. The number of rotatable bonds is 9. The Hall–Kier alpha value is -2.23. The standard InChI is InChI=1S/C16H20O4/c1-3-11-18-12-5-6-13-20-15-9-7-14(8-10-15)16(17)19-4-2/h3-4,7-11H,2,5-6,12-13H2,1H3. The summed E-state index contributed by atoms with van der Waals surface area (Å²) in [6.45, 7) is 6.57. The highest BCUT2D eigenvalue weighted by Gasteiger charge is 2.05. The summed E-state index contributed by atoms with van der Waals surface area (Å²) < 4.78 is 15.4. The Balaban J connectivity index is 2.24. The highest BCUT2D eigenvalue weighted by molar-refractivity contribution is 5.89. The van der Waals surface area contributed by atoms with Gasteiger partial charge in [0.1, 0.15) is 5.75 Å². The van der Waals surface area contributed by atoms with Gasteiger partial charge in [0.15, 0.2) is 0 Å². The highest BCUT2D eigenvalue weighted by atomic mass is 16.5. The van der Waals surface area contributed by atoms with Crippen LogP contribution in [0.25, 0.3) is 0 Å². The Morgan fingerprint density at radius 3 is 2.55 bits per heavy atom. The van der Waals surface area contributed by atoms with Crippen LogP contribution in [0.3, 0.4) is 0 Å². The van der Waals surface area contributed by atoms with Gasteiger partial charge in [-0.2, -0.15) is 0 Å². The molecule has 0 aliphatic heterocycles. The Kier molecular flexibility index (Phi) is 7.65. The van der Waals surface area contributed by atoms with Crippen LogP contribution in [0.15, 0.2) is 49.4 Å². The van der Waals surface area contributed by atoms with Crippen LogP contribution >= 0.6 is 0 Å². The number of ether oxygens (including phenoxy) is 3. The lowest BCUT2D eigenvalue weighted by molar-refractivity contribution is 0.0664. The third-order valence-corrected chi connectivity index (χ3v) is 2.44. The number of hydrogen-bond acceptors (Lipinski definition) is 4. The fourth-order valence-electron chi connectivity index (χ4n) is 1.47. The lowest BCUT2D eigenvalue weighted by Crippen LogP contribution is -2.02. The van der Waals surface area contributed by atoms with E-state index >= 15 is 0 Å². The average molecular weight is 276 g/mol. The molecule has 0 heterocycles. The molecule has 1 rings (SSSR count). The van der Waals surface area contributed by atoms with Crippen molar-refractivity contribution in [2.45, 2.75) is 19.8 Å². The van der Waals surface area contributed by atoms with E-state index in [2.05, 4.69) is 11.3 Å². The van der Waals surface area contributed by atoms with Crippen molar-refractivity contribution in [3.8, 4) is 5.75 Å². The number of allylic oxidation sites excluding steroid dienone is 1. The third kappa shape index (κ3) is 6.09. The fraction of sp³-hybridized carbons (Fsp3) is 0.312. The van der Waals surface area contributed by atoms with Crippen molar-refractivity contribution >= 4 is 5.97 Å². The predicted molar refractivity (Wildman–Crippen MR) is 77.5 cm³/mol. The Morgan fingerprint density at radius 1 is 1.20 bits per heavy atom. The van der Waals surface area contributed by atoms with Gasteiger partial charge in [-0.25, -0.2) is 4.79 Å². The first-order chi connectivity index (χ1) is 9.77. The van der Waals surface area contributed by atoms with Crippen molar-refractivity contribution < 1.29 is 19.0 Å². The molecule has 4 heteroatoms. The number of carbonyl (C=O) groups excluding carboxylic acids is 1. The van der Waals surface area contributed by atoms with Crippen molar-refractivity contribution in [2.24, 2.45) is 0 Å². The number of esters is 1. The summed E-state index contributed by atoms with van der Waals surface area (Å²) in [6, 6.07) is 6.82. The molecule has 1 aromatic carbocycles. The van der Waals surface area contributed by atoms with Gasteiger partial charge >= 0.3 is 5.97 Å². The average Bonchev–Trinajstić information content (AvgIpc) is 2.47. The summed E-state index contributed by atoms with van der Waals surface area (Å²) >= 11 is 0. The molecule has 20 heavy (non-hydrogen) atoms. The van der Waals surface area contributed by atoms with Crippen LogP contribution in [0.5, 0.6) is 5.75 Å². The Bertz CT molecular complexity index is 434. The molecule has 0 spiro atoms. The number of benzene rings is 1. The Labute approximate surface area is 119 Å². The minimum atomic E-state index is -0.423. The van der Waals surface area contributed by atoms with Gasteiger partial charge in [-0.1, -0.05) is 12.7 Å². The molecule has 108 valence electrons. The van der Waals surface area contributed by atoms with Gasteiger partial charge in [0.05, 0.1) is 31.3 Å². The second-order valence-corrected chi connectivity index (χ2v) is 3.99. The van der Waals surface area contributed by atoms with E-state index in [1.807, 2.05) is 13.0 Å². The molecule has 1 aromatic rings. The topological polar surface area (TPSA) is 44.8 Å². The quantitative estimate of drug-likeness (QED) is 0.392. The van der Waals surface area contributed by atoms with E-state index in [9.17, 15) is 4.79 Å². The van der Waals surface area contributed by atoms with Gasteiger partial charge < -0.3 is 14.2 Å². The van der Waals surface area contributed by atoms with Gasteiger partial charge in [-0.3, -0.25) is 0 Å². The van der Waals surface area contributed by atoms with E-state index in [1.54, 1.807) is 30.5 Å². The minimum Gasteiger partial charge on any atom is -0.502 e. The first-order valence-electron chi connectivity index (χ1n) is 6.55. The smallest absolute Gasteiger partial charge is 0.342 e. The molecule has 0 fully saturated rings. The molecule has 0 saturated heterocycles. The fourth-order valence-corrected chi connectivity index (χ4v) is 1.47. The van der Waals surface area contributed by atoms with Crippen molar-refractivity contribution in [3.63, 3.8) is 0 Å². The van der Waals surface area contributed by atoms with Crippen LogP contribution < -0.4 is 4.74 Å². The van der Waals surface area contributed by atoms with Crippen LogP contribution in [0.2, 0.25) is 0 Å². The van der Waals surface area contributed by atoms with Crippen LogP contribution in [0, 0.1) is 0 Å². The zero-order valence-corrected chi connectivity index (χ0v) is 11.7. The van der Waals surface area contributed by atoms with Crippen molar-refractivity contribution in [2.75, 3.05) is 13.2 Å². The van der Waals surface area contributed by atoms with Crippen molar-refractivity contribution in [1.29, 1.82) is 0 Å². The highest BCUT2D eigenvalue weighted by Crippen LogP contribution is 2.13. The number of unbranched alkanes of at least 4 members (excludes halogenated alkanes) is 1. The van der Waals surface area contributed by atoms with E-state index in [0.717, 1.165) is 24.9 Å². The minimum absolute atomic E-state index is 0.423. The normalized spacial score (nSPS) is 10.2. The molecule has 0 N–H and O–H groups in total. The zero-order chi connectivity index (χ0) is 14.6. The molecule has 0 radical (unpaired) electrons. The number of carbonyl (C=O) groups is 1. The van der Waals surface area contributed by atoms with E-state index in [1.165, 1.54) is 0 Å². The molecule has 0 bridgehead atoms. The van der Waals surface area contributed by atoms with Gasteiger partial charge in [0.2, 0.25) is 0 Å². The van der Waals surface area contributed by atoms with Crippen molar-refractivity contribution in [1.82, 2.24) is 0 Å². The van der Waals surface area contributed by atoms with Crippen LogP contribution in [-0.2, 0) is 9.47 Å². The van der Waals surface area contributed by atoms with Gasteiger partial charge in [-0.15, -0.1) is 0 Å². The van der Waals surface area contributed by atoms with E-state index in [4.69, 9.17) is 9.47 Å². The first kappa shape index (κ1) is 15.8. The second kappa shape index (κ2) is 9.67. The van der Waals surface area contributed by atoms with Crippen LogP contribution in [0.1, 0.15) is 30.1 Å². The maximum absolute atomic E-state index is 11.4. The van der Waals surface area contributed by atoms with Crippen LogP contribution in [-0.4, -0.2) is 19.2 Å². The van der Waals surface area contributed by atoms with E-state index in [-0.39, 0.29) is 0 Å².